The molecular weight excluding hydrogens is 464 g/mol. The van der Waals surface area contributed by atoms with Gasteiger partial charge in [-0.15, -0.1) is 10.2 Å². The number of Topliss-reactive ketones (excluding diaryl/α,β-unsaturated/α-hetero) is 1. The number of nitro benzene ring substituents is 1. The molecule has 1 heterocycles. The number of nitro groups is 1. The maximum absolute atomic E-state index is 12.7. The minimum atomic E-state index is -0.526. The number of carbonyl (C=O) groups is 1. The molecule has 0 saturated heterocycles. The predicted molar refractivity (Wildman–Crippen MR) is 127 cm³/mol. The van der Waals surface area contributed by atoms with Crippen LogP contribution in [0.2, 0.25) is 5.02 Å². The summed E-state index contributed by atoms with van der Waals surface area (Å²) >= 11 is 7.26. The van der Waals surface area contributed by atoms with E-state index in [9.17, 15) is 14.9 Å². The van der Waals surface area contributed by atoms with Crippen molar-refractivity contribution in [1.82, 2.24) is 14.8 Å². The van der Waals surface area contributed by atoms with E-state index in [-0.39, 0.29) is 22.8 Å². The van der Waals surface area contributed by atoms with E-state index in [1.807, 2.05) is 41.0 Å². The number of hydrogen-bond donors (Lipinski definition) is 0. The first-order valence-corrected chi connectivity index (χ1v) is 11.1. The molecule has 0 saturated carbocycles. The summed E-state index contributed by atoms with van der Waals surface area (Å²) in [6.45, 7) is 0. The number of halogens is 1. The standard InChI is InChI=1S/C23H17ClN4O4S/c1-32-20-11-5-15(6-12-20)22-25-26-23(27(22)18-9-7-17(24)8-10-18)33-14-21(29)16-3-2-4-19(13-16)28(30)31/h2-13H,14H2,1H3. The van der Waals surface area contributed by atoms with Crippen LogP contribution in [-0.4, -0.2) is 38.3 Å². The van der Waals surface area contributed by atoms with Crippen LogP contribution >= 0.6 is 23.4 Å². The third-order valence-corrected chi connectivity index (χ3v) is 5.96. The smallest absolute Gasteiger partial charge is 0.270 e. The molecule has 0 spiro atoms. The first-order valence-electron chi connectivity index (χ1n) is 9.72. The van der Waals surface area contributed by atoms with Gasteiger partial charge < -0.3 is 4.74 Å². The molecule has 1 aromatic heterocycles. The summed E-state index contributed by atoms with van der Waals surface area (Å²) in [5.74, 6) is 1.09. The molecule has 0 aliphatic heterocycles. The quantitative estimate of drug-likeness (QED) is 0.142. The van der Waals surface area contributed by atoms with Crippen LogP contribution in [0.4, 0.5) is 5.69 Å². The number of methoxy groups -OCH3 is 1. The van der Waals surface area contributed by atoms with Crippen LogP contribution in [0.1, 0.15) is 10.4 Å². The molecule has 0 N–H and O–H groups in total. The van der Waals surface area contributed by atoms with Crippen molar-refractivity contribution < 1.29 is 14.5 Å². The molecule has 0 unspecified atom stereocenters. The zero-order valence-electron chi connectivity index (χ0n) is 17.3. The molecule has 0 aliphatic carbocycles. The fourth-order valence-corrected chi connectivity index (χ4v) is 4.09. The maximum Gasteiger partial charge on any atom is 0.270 e. The van der Waals surface area contributed by atoms with Crippen LogP contribution in [-0.2, 0) is 0 Å². The number of carbonyl (C=O) groups excluding carboxylic acids is 1. The molecule has 0 amide bonds. The van der Waals surface area contributed by atoms with E-state index < -0.39 is 4.92 Å². The second-order valence-corrected chi connectivity index (χ2v) is 8.24. The van der Waals surface area contributed by atoms with Gasteiger partial charge in [-0.3, -0.25) is 19.5 Å². The van der Waals surface area contributed by atoms with Gasteiger partial charge in [0.1, 0.15) is 5.75 Å². The lowest BCUT2D eigenvalue weighted by atomic mass is 10.1. The Morgan fingerprint density at radius 2 is 1.82 bits per heavy atom. The van der Waals surface area contributed by atoms with Crippen LogP contribution in [0, 0.1) is 10.1 Å². The van der Waals surface area contributed by atoms with Crippen molar-refractivity contribution in [2.24, 2.45) is 0 Å². The average molecular weight is 481 g/mol. The van der Waals surface area contributed by atoms with Gasteiger partial charge in [-0.05, 0) is 48.5 Å². The number of hydrogen-bond acceptors (Lipinski definition) is 7. The molecule has 166 valence electrons. The van der Waals surface area contributed by atoms with E-state index in [0.717, 1.165) is 11.3 Å². The summed E-state index contributed by atoms with van der Waals surface area (Å²) in [4.78, 5) is 23.2. The van der Waals surface area contributed by atoms with E-state index in [1.165, 1.54) is 30.0 Å². The van der Waals surface area contributed by atoms with Gasteiger partial charge in [0.15, 0.2) is 16.8 Å². The summed E-state index contributed by atoms with van der Waals surface area (Å²) < 4.78 is 7.06. The normalized spacial score (nSPS) is 10.7. The molecule has 0 radical (unpaired) electrons. The molecule has 0 aliphatic rings. The highest BCUT2D eigenvalue weighted by molar-refractivity contribution is 7.99. The number of benzene rings is 3. The Bertz CT molecular complexity index is 1310. The average Bonchev–Trinajstić information content (AvgIpc) is 3.27. The summed E-state index contributed by atoms with van der Waals surface area (Å²) in [5, 5.41) is 20.7. The molecule has 4 rings (SSSR count). The number of nitrogens with zero attached hydrogens (tertiary/aromatic N) is 4. The molecule has 0 fully saturated rings. The Labute approximate surface area is 198 Å². The molecule has 4 aromatic rings. The molecule has 0 bridgehead atoms. The molecule has 3 aromatic carbocycles. The number of non-ortho nitro benzene ring substituents is 1. The number of thioether (sulfide) groups is 1. The molecule has 10 heteroatoms. The lowest BCUT2D eigenvalue weighted by Gasteiger charge is -2.11. The van der Waals surface area contributed by atoms with Crippen molar-refractivity contribution in [3.8, 4) is 22.8 Å². The lowest BCUT2D eigenvalue weighted by molar-refractivity contribution is -0.384. The monoisotopic (exact) mass is 480 g/mol. The zero-order valence-corrected chi connectivity index (χ0v) is 18.9. The van der Waals surface area contributed by atoms with E-state index in [0.29, 0.717) is 21.8 Å². The highest BCUT2D eigenvalue weighted by Crippen LogP contribution is 2.30. The van der Waals surface area contributed by atoms with Gasteiger partial charge in [-0.2, -0.15) is 0 Å². The van der Waals surface area contributed by atoms with E-state index in [4.69, 9.17) is 16.3 Å². The predicted octanol–water partition coefficient (Wildman–Crippen LogP) is 5.48. The molecule has 0 atom stereocenters. The SMILES string of the molecule is COc1ccc(-c2nnc(SCC(=O)c3cccc([N+](=O)[O-])c3)n2-c2ccc(Cl)cc2)cc1. The van der Waals surface area contributed by atoms with Crippen LogP contribution in [0.5, 0.6) is 5.75 Å². The van der Waals surface area contributed by atoms with Crippen molar-refractivity contribution in [2.45, 2.75) is 5.16 Å². The van der Waals surface area contributed by atoms with Gasteiger partial charge in [0.05, 0.1) is 17.8 Å². The van der Waals surface area contributed by atoms with Crippen LogP contribution in [0.3, 0.4) is 0 Å². The van der Waals surface area contributed by atoms with E-state index in [2.05, 4.69) is 10.2 Å². The minimum absolute atomic E-state index is 0.0372. The largest absolute Gasteiger partial charge is 0.497 e. The van der Waals surface area contributed by atoms with Crippen LogP contribution < -0.4 is 4.74 Å². The Kier molecular flexibility index (Phi) is 6.71. The fourth-order valence-electron chi connectivity index (χ4n) is 3.12. The summed E-state index contributed by atoms with van der Waals surface area (Å²) in [5.41, 5.74) is 1.73. The van der Waals surface area contributed by atoms with E-state index in [1.54, 1.807) is 25.3 Å². The van der Waals surface area contributed by atoms with Crippen LogP contribution in [0.15, 0.2) is 78.0 Å². The topological polar surface area (TPSA) is 100 Å². The van der Waals surface area contributed by atoms with Gasteiger partial charge in [-0.1, -0.05) is 35.5 Å². The van der Waals surface area contributed by atoms with Gasteiger partial charge in [0, 0.05) is 34.0 Å². The van der Waals surface area contributed by atoms with Crippen molar-refractivity contribution in [1.29, 1.82) is 0 Å². The van der Waals surface area contributed by atoms with E-state index >= 15 is 0 Å². The number of aromatic nitrogens is 3. The number of ether oxygens (including phenoxy) is 1. The Morgan fingerprint density at radius 1 is 1.09 bits per heavy atom. The molecular formula is C23H17ClN4O4S. The van der Waals surface area contributed by atoms with Crippen LogP contribution in [0.25, 0.3) is 17.1 Å². The minimum Gasteiger partial charge on any atom is -0.497 e. The number of rotatable bonds is 8. The summed E-state index contributed by atoms with van der Waals surface area (Å²) in [6.07, 6.45) is 0. The summed E-state index contributed by atoms with van der Waals surface area (Å²) in [6, 6.07) is 20.3. The van der Waals surface area contributed by atoms with Crippen molar-refractivity contribution in [2.75, 3.05) is 12.9 Å². The maximum atomic E-state index is 12.7. The highest BCUT2D eigenvalue weighted by Gasteiger charge is 2.19. The fraction of sp³-hybridized carbons (Fsp3) is 0.0870. The summed E-state index contributed by atoms with van der Waals surface area (Å²) in [7, 11) is 1.60. The van der Waals surface area contributed by atoms with Crippen molar-refractivity contribution >= 4 is 34.8 Å². The van der Waals surface area contributed by atoms with Gasteiger partial charge in [0.2, 0.25) is 0 Å². The Balaban J connectivity index is 1.65. The molecule has 8 nitrogen and oxygen atoms in total. The van der Waals surface area contributed by atoms with Gasteiger partial charge >= 0.3 is 0 Å². The first kappa shape index (κ1) is 22.5. The third-order valence-electron chi connectivity index (χ3n) is 4.78. The number of ketones is 1. The first-order chi connectivity index (χ1) is 16.0. The lowest BCUT2D eigenvalue weighted by Crippen LogP contribution is -2.05. The zero-order chi connectivity index (χ0) is 23.4. The highest BCUT2D eigenvalue weighted by atomic mass is 35.5. The van der Waals surface area contributed by atoms with Crippen molar-refractivity contribution in [3.05, 3.63) is 93.5 Å². The van der Waals surface area contributed by atoms with Gasteiger partial charge in [0.25, 0.3) is 5.69 Å². The Hall–Kier alpha value is -3.69. The van der Waals surface area contributed by atoms with Crippen molar-refractivity contribution in [3.63, 3.8) is 0 Å². The van der Waals surface area contributed by atoms with Gasteiger partial charge in [-0.25, -0.2) is 0 Å². The molecule has 33 heavy (non-hydrogen) atoms. The second-order valence-electron chi connectivity index (χ2n) is 6.87. The third kappa shape index (κ3) is 5.05. The second kappa shape index (κ2) is 9.85. The Morgan fingerprint density at radius 3 is 2.48 bits per heavy atom.